The number of nitrogens with one attached hydrogen (secondary N) is 1. The maximum absolute atomic E-state index is 3.23. The lowest BCUT2D eigenvalue weighted by Crippen LogP contribution is -2.12. The fourth-order valence-corrected chi connectivity index (χ4v) is 3.04. The molecule has 0 aliphatic carbocycles. The molecule has 1 atom stereocenters. The van der Waals surface area contributed by atoms with Crippen LogP contribution in [-0.4, -0.2) is 13.6 Å². The zero-order chi connectivity index (χ0) is 17.0. The van der Waals surface area contributed by atoms with E-state index in [0.717, 1.165) is 6.54 Å². The van der Waals surface area contributed by atoms with Gasteiger partial charge in [0, 0.05) is 9.80 Å². The summed E-state index contributed by atoms with van der Waals surface area (Å²) in [5.41, 5.74) is 2.79. The lowest BCUT2D eigenvalue weighted by atomic mass is 9.98. The minimum absolute atomic E-state index is 0. The van der Waals surface area contributed by atoms with Crippen LogP contribution in [0.4, 0.5) is 0 Å². The molecule has 0 bridgehead atoms. The van der Waals surface area contributed by atoms with Gasteiger partial charge in [0.05, 0.1) is 0 Å². The first kappa shape index (κ1) is 24.3. The van der Waals surface area contributed by atoms with Gasteiger partial charge >= 0.3 is 0 Å². The zero-order valence-corrected chi connectivity index (χ0v) is 16.2. The second kappa shape index (κ2) is 14.6. The van der Waals surface area contributed by atoms with Crippen LogP contribution in [0.5, 0.6) is 0 Å². The highest BCUT2D eigenvalue weighted by Crippen LogP contribution is 2.33. The lowest BCUT2D eigenvalue weighted by molar-refractivity contribution is 0.584. The first-order valence-electron chi connectivity index (χ1n) is 8.31. The summed E-state index contributed by atoms with van der Waals surface area (Å²) in [5, 5.41) is 3.23. The normalized spacial score (nSPS) is 12.8. The second-order valence-electron chi connectivity index (χ2n) is 5.26. The Kier molecular flexibility index (Phi) is 15.4. The Morgan fingerprint density at radius 1 is 1.22 bits per heavy atom. The Balaban J connectivity index is 0. The number of hydrogen-bond donors (Lipinski definition) is 1. The molecule has 2 heteroatoms. The van der Waals surface area contributed by atoms with Gasteiger partial charge in [0.2, 0.25) is 0 Å². The standard InChI is InChI=1S/C18H27NS.C2H6.CH4/c1-6-7-18(16(4)15(3)12-13-19-5)20-17-10-8-14(2)9-11-17;1-2;/h6-11,15,19H,12-13H2,1-5H3;1-2H3;1H4/b7-6-,18-16-;;. The Morgan fingerprint density at radius 2 is 1.78 bits per heavy atom. The van der Waals surface area contributed by atoms with Crippen molar-refractivity contribution in [2.45, 2.75) is 60.3 Å². The summed E-state index contributed by atoms with van der Waals surface area (Å²) in [6.07, 6.45) is 5.54. The number of benzene rings is 1. The highest BCUT2D eigenvalue weighted by atomic mass is 32.2. The van der Waals surface area contributed by atoms with Crippen LogP contribution in [0.15, 0.2) is 51.8 Å². The van der Waals surface area contributed by atoms with Gasteiger partial charge in [-0.15, -0.1) is 0 Å². The van der Waals surface area contributed by atoms with E-state index >= 15 is 0 Å². The third-order valence-corrected chi connectivity index (χ3v) is 4.71. The molecule has 0 spiro atoms. The van der Waals surface area contributed by atoms with E-state index in [1.165, 1.54) is 27.4 Å². The molecule has 1 N–H and O–H groups in total. The molecule has 0 fully saturated rings. The molecule has 0 aliphatic rings. The number of allylic oxidation sites excluding steroid dienone is 3. The van der Waals surface area contributed by atoms with Gasteiger partial charge in [-0.3, -0.25) is 0 Å². The van der Waals surface area contributed by atoms with E-state index in [2.05, 4.69) is 69.4 Å². The minimum Gasteiger partial charge on any atom is -0.320 e. The van der Waals surface area contributed by atoms with Crippen LogP contribution in [0.1, 0.15) is 54.0 Å². The monoisotopic (exact) mass is 335 g/mol. The van der Waals surface area contributed by atoms with Crippen molar-refractivity contribution in [3.05, 3.63) is 52.5 Å². The molecule has 0 saturated heterocycles. The molecule has 0 saturated carbocycles. The first-order valence-corrected chi connectivity index (χ1v) is 9.12. The fourth-order valence-electron chi connectivity index (χ4n) is 1.95. The fraction of sp³-hybridized carbons (Fsp3) is 0.524. The molecule has 23 heavy (non-hydrogen) atoms. The van der Waals surface area contributed by atoms with Crippen molar-refractivity contribution in [2.75, 3.05) is 13.6 Å². The van der Waals surface area contributed by atoms with Crippen LogP contribution in [0.2, 0.25) is 0 Å². The number of hydrogen-bond acceptors (Lipinski definition) is 2. The van der Waals surface area contributed by atoms with Crippen LogP contribution < -0.4 is 5.32 Å². The Bertz CT molecular complexity index is 457. The predicted molar refractivity (Wildman–Crippen MR) is 110 cm³/mol. The highest BCUT2D eigenvalue weighted by Gasteiger charge is 2.09. The number of thioether (sulfide) groups is 1. The van der Waals surface area contributed by atoms with E-state index < -0.39 is 0 Å². The molecule has 0 radical (unpaired) electrons. The number of aryl methyl sites for hydroxylation is 1. The molecule has 0 aliphatic heterocycles. The average Bonchev–Trinajstić information content (AvgIpc) is 2.55. The topological polar surface area (TPSA) is 12.0 Å². The molecule has 1 unspecified atom stereocenters. The van der Waals surface area contributed by atoms with Crippen molar-refractivity contribution in [2.24, 2.45) is 5.92 Å². The Morgan fingerprint density at radius 3 is 2.26 bits per heavy atom. The summed E-state index contributed by atoms with van der Waals surface area (Å²) < 4.78 is 0. The second-order valence-corrected chi connectivity index (χ2v) is 6.37. The smallest absolute Gasteiger partial charge is 0.0122 e. The van der Waals surface area contributed by atoms with Crippen molar-refractivity contribution in [1.29, 1.82) is 0 Å². The molecule has 1 rings (SSSR count). The molecule has 0 aromatic heterocycles. The summed E-state index contributed by atoms with van der Waals surface area (Å²) >= 11 is 1.86. The van der Waals surface area contributed by atoms with Gasteiger partial charge in [-0.05, 0) is 58.8 Å². The maximum Gasteiger partial charge on any atom is 0.0122 e. The van der Waals surface area contributed by atoms with Crippen molar-refractivity contribution in [3.63, 3.8) is 0 Å². The van der Waals surface area contributed by atoms with Crippen LogP contribution in [0.25, 0.3) is 0 Å². The van der Waals surface area contributed by atoms with E-state index in [1.807, 2.05) is 32.7 Å². The first-order chi connectivity index (χ1) is 10.6. The van der Waals surface area contributed by atoms with Crippen LogP contribution >= 0.6 is 11.8 Å². The van der Waals surface area contributed by atoms with Gasteiger partial charge in [-0.2, -0.15) is 0 Å². The van der Waals surface area contributed by atoms with Gasteiger partial charge in [-0.1, -0.05) is 75.4 Å². The van der Waals surface area contributed by atoms with Crippen molar-refractivity contribution < 1.29 is 0 Å². The van der Waals surface area contributed by atoms with E-state index in [-0.39, 0.29) is 7.43 Å². The molecular formula is C21H37NS. The molecule has 1 aromatic rings. The molecule has 1 nitrogen and oxygen atoms in total. The highest BCUT2D eigenvalue weighted by molar-refractivity contribution is 8.03. The summed E-state index contributed by atoms with van der Waals surface area (Å²) in [6.45, 7) is 13.9. The van der Waals surface area contributed by atoms with Crippen molar-refractivity contribution in [3.8, 4) is 0 Å². The SMILES string of the molecule is C.C/C=C\C(Sc1ccc(C)cc1)=C(/C)C(C)CCNC.CC. The number of rotatable bonds is 7. The van der Waals surface area contributed by atoms with E-state index in [0.29, 0.717) is 5.92 Å². The van der Waals surface area contributed by atoms with Crippen molar-refractivity contribution >= 4 is 11.8 Å². The molecule has 0 heterocycles. The van der Waals surface area contributed by atoms with Gasteiger partial charge in [0.25, 0.3) is 0 Å². The van der Waals surface area contributed by atoms with Crippen LogP contribution in [-0.2, 0) is 0 Å². The van der Waals surface area contributed by atoms with Gasteiger partial charge in [-0.25, -0.2) is 0 Å². The molecular weight excluding hydrogens is 298 g/mol. The quantitative estimate of drug-likeness (QED) is 0.432. The van der Waals surface area contributed by atoms with Gasteiger partial charge in [0.1, 0.15) is 0 Å². The summed E-state index contributed by atoms with van der Waals surface area (Å²) in [4.78, 5) is 2.68. The van der Waals surface area contributed by atoms with Gasteiger partial charge < -0.3 is 5.32 Å². The van der Waals surface area contributed by atoms with Crippen LogP contribution in [0.3, 0.4) is 0 Å². The third kappa shape index (κ3) is 9.68. The summed E-state index contributed by atoms with van der Waals surface area (Å²) in [5.74, 6) is 0.603. The van der Waals surface area contributed by atoms with Crippen molar-refractivity contribution in [1.82, 2.24) is 5.32 Å². The minimum atomic E-state index is 0. The molecule has 1 aromatic carbocycles. The average molecular weight is 336 g/mol. The van der Waals surface area contributed by atoms with Crippen LogP contribution in [0, 0.1) is 12.8 Å². The predicted octanol–water partition coefficient (Wildman–Crippen LogP) is 6.85. The van der Waals surface area contributed by atoms with Gasteiger partial charge in [0.15, 0.2) is 0 Å². The Hall–Kier alpha value is -0.990. The van der Waals surface area contributed by atoms with E-state index in [4.69, 9.17) is 0 Å². The summed E-state index contributed by atoms with van der Waals surface area (Å²) in [6, 6.07) is 8.76. The lowest BCUT2D eigenvalue weighted by Gasteiger charge is -2.16. The van der Waals surface area contributed by atoms with E-state index in [9.17, 15) is 0 Å². The zero-order valence-electron chi connectivity index (χ0n) is 15.4. The third-order valence-electron chi connectivity index (χ3n) is 3.52. The molecule has 132 valence electrons. The largest absolute Gasteiger partial charge is 0.320 e. The van der Waals surface area contributed by atoms with E-state index in [1.54, 1.807) is 0 Å². The summed E-state index contributed by atoms with van der Waals surface area (Å²) in [7, 11) is 2.01. The maximum atomic E-state index is 3.23. The molecule has 0 amide bonds. The Labute approximate surface area is 149 Å².